The zero-order chi connectivity index (χ0) is 18.4. The van der Waals surface area contributed by atoms with Gasteiger partial charge in [-0.05, 0) is 50.6 Å². The predicted octanol–water partition coefficient (Wildman–Crippen LogP) is 4.57. The van der Waals surface area contributed by atoms with Crippen LogP contribution in [0.25, 0.3) is 0 Å². The Kier molecular flexibility index (Phi) is 7.37. The highest BCUT2D eigenvalue weighted by Crippen LogP contribution is 2.35. The summed E-state index contributed by atoms with van der Waals surface area (Å²) in [6, 6.07) is 2.57. The minimum atomic E-state index is -0.534. The van der Waals surface area contributed by atoms with Gasteiger partial charge in [-0.1, -0.05) is 19.3 Å². The molecule has 0 spiro atoms. The Morgan fingerprint density at radius 3 is 2.36 bits per heavy atom. The van der Waals surface area contributed by atoms with Crippen molar-refractivity contribution in [1.29, 1.82) is 0 Å². The number of nitrogens with one attached hydrogen (secondary N) is 1. The molecule has 1 fully saturated rings. The standard InChI is InChI=1S/C16H18Br2N2O5/c17-12-7-11(20(23)24)8-13(18)16(12)19-14(21)9-25-15(22)6-10-4-2-1-3-5-10/h7-8,10H,1-6,9H2,(H,19,21). The summed E-state index contributed by atoms with van der Waals surface area (Å²) in [6.07, 6.45) is 5.90. The second-order valence-electron chi connectivity index (χ2n) is 5.96. The summed E-state index contributed by atoms with van der Waals surface area (Å²) in [6.45, 7) is -0.387. The Morgan fingerprint density at radius 1 is 1.20 bits per heavy atom. The predicted molar refractivity (Wildman–Crippen MR) is 99.3 cm³/mol. The summed E-state index contributed by atoms with van der Waals surface area (Å²) in [7, 11) is 0. The minimum Gasteiger partial charge on any atom is -0.456 e. The van der Waals surface area contributed by atoms with Crippen molar-refractivity contribution in [2.75, 3.05) is 11.9 Å². The van der Waals surface area contributed by atoms with Crippen LogP contribution in [0.1, 0.15) is 38.5 Å². The van der Waals surface area contributed by atoms with Crippen LogP contribution in [0.4, 0.5) is 11.4 Å². The number of nitro benzene ring substituents is 1. The highest BCUT2D eigenvalue weighted by Gasteiger charge is 2.20. The Morgan fingerprint density at radius 2 is 1.80 bits per heavy atom. The van der Waals surface area contributed by atoms with E-state index in [0.717, 1.165) is 25.7 Å². The van der Waals surface area contributed by atoms with Gasteiger partial charge in [0.15, 0.2) is 6.61 Å². The van der Waals surface area contributed by atoms with Crippen LogP contribution < -0.4 is 5.32 Å². The molecule has 0 unspecified atom stereocenters. The van der Waals surface area contributed by atoms with E-state index in [0.29, 0.717) is 27.0 Å². The van der Waals surface area contributed by atoms with Crippen LogP contribution >= 0.6 is 31.9 Å². The van der Waals surface area contributed by atoms with E-state index in [1.54, 1.807) is 0 Å². The van der Waals surface area contributed by atoms with Crippen LogP contribution in [0.15, 0.2) is 21.1 Å². The number of nitro groups is 1. The van der Waals surface area contributed by atoms with E-state index in [4.69, 9.17) is 4.74 Å². The third-order valence-corrected chi connectivity index (χ3v) is 5.30. The summed E-state index contributed by atoms with van der Waals surface area (Å²) < 4.78 is 5.74. The number of hydrogen-bond acceptors (Lipinski definition) is 5. The van der Waals surface area contributed by atoms with Gasteiger partial charge in [0.05, 0.1) is 10.6 Å². The zero-order valence-electron chi connectivity index (χ0n) is 13.4. The molecular weight excluding hydrogens is 460 g/mol. The number of halogens is 2. The summed E-state index contributed by atoms with van der Waals surface area (Å²) in [4.78, 5) is 34.1. The molecule has 0 radical (unpaired) electrons. The molecule has 1 aliphatic rings. The molecule has 1 N–H and O–H groups in total. The maximum atomic E-state index is 12.0. The van der Waals surface area contributed by atoms with E-state index >= 15 is 0 Å². The molecule has 0 saturated heterocycles. The Labute approximate surface area is 161 Å². The first-order valence-electron chi connectivity index (χ1n) is 7.95. The molecule has 0 aromatic heterocycles. The Hall–Kier alpha value is -1.48. The number of benzene rings is 1. The molecular formula is C16H18Br2N2O5. The normalized spacial score (nSPS) is 14.8. The third-order valence-electron chi connectivity index (χ3n) is 4.05. The molecule has 1 aromatic carbocycles. The number of carbonyl (C=O) groups is 2. The molecule has 0 bridgehead atoms. The van der Waals surface area contributed by atoms with Crippen LogP contribution in [-0.2, 0) is 14.3 Å². The summed E-state index contributed by atoms with van der Waals surface area (Å²) in [5, 5.41) is 13.4. The average Bonchev–Trinajstić information content (AvgIpc) is 2.57. The summed E-state index contributed by atoms with van der Waals surface area (Å²) in [5.74, 6) is -0.529. The highest BCUT2D eigenvalue weighted by atomic mass is 79.9. The molecule has 7 nitrogen and oxygen atoms in total. The lowest BCUT2D eigenvalue weighted by molar-refractivity contribution is -0.385. The lowest BCUT2D eigenvalue weighted by Crippen LogP contribution is -2.22. The smallest absolute Gasteiger partial charge is 0.306 e. The lowest BCUT2D eigenvalue weighted by atomic mass is 9.87. The van der Waals surface area contributed by atoms with Gasteiger partial charge in [0.1, 0.15) is 0 Å². The van der Waals surface area contributed by atoms with Crippen molar-refractivity contribution in [3.63, 3.8) is 0 Å². The van der Waals surface area contributed by atoms with Gasteiger partial charge >= 0.3 is 5.97 Å². The summed E-state index contributed by atoms with van der Waals surface area (Å²) in [5.41, 5.74) is 0.231. The molecule has 9 heteroatoms. The van der Waals surface area contributed by atoms with Gasteiger partial charge in [-0.3, -0.25) is 19.7 Å². The van der Waals surface area contributed by atoms with Crippen molar-refractivity contribution in [2.24, 2.45) is 5.92 Å². The fraction of sp³-hybridized carbons (Fsp3) is 0.500. The lowest BCUT2D eigenvalue weighted by Gasteiger charge is -2.20. The van der Waals surface area contributed by atoms with Gasteiger partial charge in [-0.15, -0.1) is 0 Å². The van der Waals surface area contributed by atoms with E-state index < -0.39 is 10.8 Å². The number of esters is 1. The molecule has 0 aliphatic heterocycles. The molecule has 1 aliphatic carbocycles. The monoisotopic (exact) mass is 476 g/mol. The number of non-ortho nitro benzene ring substituents is 1. The largest absolute Gasteiger partial charge is 0.456 e. The molecule has 0 heterocycles. The average molecular weight is 478 g/mol. The molecule has 136 valence electrons. The molecule has 1 saturated carbocycles. The van der Waals surface area contributed by atoms with E-state index in [1.165, 1.54) is 18.6 Å². The van der Waals surface area contributed by atoms with Crippen molar-refractivity contribution in [3.8, 4) is 0 Å². The Bertz CT molecular complexity index is 651. The second-order valence-corrected chi connectivity index (χ2v) is 7.67. The second kappa shape index (κ2) is 9.28. The number of rotatable bonds is 6. The van der Waals surface area contributed by atoms with Crippen LogP contribution in [0.3, 0.4) is 0 Å². The van der Waals surface area contributed by atoms with Crippen molar-refractivity contribution in [1.82, 2.24) is 0 Å². The van der Waals surface area contributed by atoms with E-state index in [1.807, 2.05) is 0 Å². The Balaban J connectivity index is 1.85. The van der Waals surface area contributed by atoms with E-state index in [-0.39, 0.29) is 18.3 Å². The number of ether oxygens (including phenoxy) is 1. The van der Waals surface area contributed by atoms with Gasteiger partial charge in [-0.2, -0.15) is 0 Å². The quantitative estimate of drug-likeness (QED) is 0.367. The summed E-state index contributed by atoms with van der Waals surface area (Å²) >= 11 is 6.37. The van der Waals surface area contributed by atoms with E-state index in [2.05, 4.69) is 37.2 Å². The maximum Gasteiger partial charge on any atom is 0.306 e. The third kappa shape index (κ3) is 6.07. The maximum absolute atomic E-state index is 12.0. The van der Waals surface area contributed by atoms with Crippen LogP contribution in [-0.4, -0.2) is 23.4 Å². The van der Waals surface area contributed by atoms with Crippen LogP contribution in [0.5, 0.6) is 0 Å². The zero-order valence-corrected chi connectivity index (χ0v) is 16.6. The fourth-order valence-corrected chi connectivity index (χ4v) is 4.15. The number of carbonyl (C=O) groups excluding carboxylic acids is 2. The van der Waals surface area contributed by atoms with Gasteiger partial charge in [0, 0.05) is 27.5 Å². The molecule has 1 amide bonds. The first-order valence-corrected chi connectivity index (χ1v) is 9.54. The van der Waals surface area contributed by atoms with Crippen molar-refractivity contribution in [3.05, 3.63) is 31.2 Å². The first-order chi connectivity index (χ1) is 11.9. The topological polar surface area (TPSA) is 98.5 Å². The SMILES string of the molecule is O=C(COC(=O)CC1CCCCC1)Nc1c(Br)cc([N+](=O)[O-])cc1Br. The van der Waals surface area contributed by atoms with Crippen molar-refractivity contribution >= 4 is 55.1 Å². The molecule has 2 rings (SSSR count). The first kappa shape index (κ1) is 19.8. The van der Waals surface area contributed by atoms with Crippen molar-refractivity contribution < 1.29 is 19.2 Å². The van der Waals surface area contributed by atoms with E-state index in [9.17, 15) is 19.7 Å². The molecule has 0 atom stereocenters. The van der Waals surface area contributed by atoms with Crippen molar-refractivity contribution in [2.45, 2.75) is 38.5 Å². The fourth-order valence-electron chi connectivity index (χ4n) is 2.79. The minimum absolute atomic E-state index is 0.115. The van der Waals surface area contributed by atoms with Gasteiger partial charge in [0.2, 0.25) is 0 Å². The number of amides is 1. The van der Waals surface area contributed by atoms with Crippen LogP contribution in [0, 0.1) is 16.0 Å². The number of anilines is 1. The van der Waals surface area contributed by atoms with Gasteiger partial charge in [-0.25, -0.2) is 0 Å². The van der Waals surface area contributed by atoms with Gasteiger partial charge in [0.25, 0.3) is 11.6 Å². The molecule has 25 heavy (non-hydrogen) atoms. The van der Waals surface area contributed by atoms with Crippen LogP contribution in [0.2, 0.25) is 0 Å². The molecule has 1 aromatic rings. The number of hydrogen-bond donors (Lipinski definition) is 1. The number of nitrogens with zero attached hydrogens (tertiary/aromatic N) is 1. The van der Waals surface area contributed by atoms with Gasteiger partial charge < -0.3 is 10.1 Å². The highest BCUT2D eigenvalue weighted by molar-refractivity contribution is 9.11.